The van der Waals surface area contributed by atoms with Crippen LogP contribution in [0.25, 0.3) is 0 Å². The molecule has 0 amide bonds. The molecule has 0 aliphatic carbocycles. The van der Waals surface area contributed by atoms with Gasteiger partial charge in [0.1, 0.15) is 9.96 Å². The summed E-state index contributed by atoms with van der Waals surface area (Å²) in [6.45, 7) is 7.82. The summed E-state index contributed by atoms with van der Waals surface area (Å²) in [6, 6.07) is 7.52. The van der Waals surface area contributed by atoms with E-state index in [1.54, 1.807) is 13.0 Å². The van der Waals surface area contributed by atoms with Crippen molar-refractivity contribution in [3.05, 3.63) is 45.8 Å². The van der Waals surface area contributed by atoms with Gasteiger partial charge in [0.15, 0.2) is 0 Å². The fraction of sp³-hybridized carbons (Fsp3) is 0.412. The van der Waals surface area contributed by atoms with Crippen LogP contribution in [0.1, 0.15) is 48.3 Å². The van der Waals surface area contributed by atoms with Crippen LogP contribution in [-0.2, 0) is 14.5 Å². The van der Waals surface area contributed by atoms with Crippen molar-refractivity contribution in [2.75, 3.05) is 0 Å². The van der Waals surface area contributed by atoms with Crippen molar-refractivity contribution < 1.29 is 13.5 Å². The van der Waals surface area contributed by atoms with Gasteiger partial charge in [-0.15, -0.1) is 11.3 Å². The van der Waals surface area contributed by atoms with Gasteiger partial charge in [-0.25, -0.2) is 8.42 Å². The van der Waals surface area contributed by atoms with Gasteiger partial charge in [-0.2, -0.15) is 0 Å². The second kappa shape index (κ2) is 6.46. The zero-order valence-corrected chi connectivity index (χ0v) is 16.1. The van der Waals surface area contributed by atoms with E-state index in [-0.39, 0.29) is 15.4 Å². The second-order valence-electron chi connectivity index (χ2n) is 5.81. The third-order valence-electron chi connectivity index (χ3n) is 4.52. The highest BCUT2D eigenvalue weighted by Crippen LogP contribution is 2.45. The predicted molar refractivity (Wildman–Crippen MR) is 96.3 cm³/mol. The van der Waals surface area contributed by atoms with Crippen LogP contribution in [0.2, 0.25) is 0 Å². The Morgan fingerprint density at radius 2 is 1.74 bits per heavy atom. The quantitative estimate of drug-likeness (QED) is 0.742. The smallest absolute Gasteiger partial charge is 0.271 e. The molecule has 0 bridgehead atoms. The Bertz CT molecular complexity index is 818. The summed E-state index contributed by atoms with van der Waals surface area (Å²) in [5, 5.41) is 9.79. The van der Waals surface area contributed by atoms with E-state index in [4.69, 9.17) is 10.7 Å². The molecule has 2 rings (SSSR count). The molecular formula is C17H21ClO3S2. The normalized spacial score (nSPS) is 12.6. The summed E-state index contributed by atoms with van der Waals surface area (Å²) in [7, 11) is 1.82. The summed E-state index contributed by atoms with van der Waals surface area (Å²) in [5.41, 5.74) is 2.29. The summed E-state index contributed by atoms with van der Waals surface area (Å²) in [6.07, 6.45) is 1.66. The minimum atomic E-state index is -3.74. The van der Waals surface area contributed by atoms with Gasteiger partial charge in [0.25, 0.3) is 9.05 Å². The fourth-order valence-corrected chi connectivity index (χ4v) is 6.06. The molecule has 6 heteroatoms. The molecule has 3 nitrogen and oxygen atoms in total. The number of rotatable bonds is 5. The first-order valence-corrected chi connectivity index (χ1v) is 10.6. The average Bonchev–Trinajstić information content (AvgIpc) is 2.87. The summed E-state index contributed by atoms with van der Waals surface area (Å²) in [4.78, 5) is 0.990. The van der Waals surface area contributed by atoms with Crippen molar-refractivity contribution in [3.8, 4) is 5.75 Å². The largest absolute Gasteiger partial charge is 0.508 e. The Kier molecular flexibility index (Phi) is 5.14. The van der Waals surface area contributed by atoms with Gasteiger partial charge in [0, 0.05) is 21.0 Å². The van der Waals surface area contributed by atoms with Crippen LogP contribution in [0.5, 0.6) is 5.75 Å². The van der Waals surface area contributed by atoms with Crippen LogP contribution < -0.4 is 0 Å². The standard InChI is InChI=1S/C17H21ClO3S2/c1-5-17(6-2,13-7-8-14(19)11(3)9-13)15-10-12(4)16(22-15)23(18,20)21/h7-10,19H,5-6H2,1-4H3. The van der Waals surface area contributed by atoms with Gasteiger partial charge in [0.2, 0.25) is 0 Å². The zero-order valence-electron chi connectivity index (χ0n) is 13.7. The summed E-state index contributed by atoms with van der Waals surface area (Å²) < 4.78 is 23.7. The topological polar surface area (TPSA) is 54.4 Å². The Hall–Kier alpha value is -1.04. The van der Waals surface area contributed by atoms with Crippen LogP contribution in [0, 0.1) is 13.8 Å². The minimum absolute atomic E-state index is 0.218. The van der Waals surface area contributed by atoms with E-state index >= 15 is 0 Å². The lowest BCUT2D eigenvalue weighted by Crippen LogP contribution is -2.24. The van der Waals surface area contributed by atoms with E-state index in [1.165, 1.54) is 11.3 Å². The van der Waals surface area contributed by atoms with Crippen LogP contribution in [0.15, 0.2) is 28.5 Å². The Labute approximate surface area is 146 Å². The minimum Gasteiger partial charge on any atom is -0.508 e. The molecule has 0 atom stereocenters. The number of hydrogen-bond donors (Lipinski definition) is 1. The SMILES string of the molecule is CCC(CC)(c1ccc(O)c(C)c1)c1cc(C)c(S(=O)(=O)Cl)s1. The monoisotopic (exact) mass is 372 g/mol. The molecule has 23 heavy (non-hydrogen) atoms. The number of aryl methyl sites for hydroxylation is 2. The summed E-state index contributed by atoms with van der Waals surface area (Å²) >= 11 is 1.25. The first kappa shape index (κ1) is 18.3. The van der Waals surface area contributed by atoms with Crippen LogP contribution >= 0.6 is 22.0 Å². The molecule has 1 N–H and O–H groups in total. The third-order valence-corrected chi connectivity index (χ3v) is 8.17. The Balaban J connectivity index is 2.69. The number of phenolic OH excluding ortho intramolecular Hbond substituents is 1. The second-order valence-corrected chi connectivity index (χ2v) is 9.62. The molecule has 0 fully saturated rings. The summed E-state index contributed by atoms with van der Waals surface area (Å²) in [5.74, 6) is 0.265. The van der Waals surface area contributed by atoms with Gasteiger partial charge < -0.3 is 5.11 Å². The van der Waals surface area contributed by atoms with Crippen molar-refractivity contribution in [2.24, 2.45) is 0 Å². The number of hydrogen-bond acceptors (Lipinski definition) is 4. The molecule has 2 aromatic rings. The molecule has 0 spiro atoms. The lowest BCUT2D eigenvalue weighted by Gasteiger charge is -2.32. The van der Waals surface area contributed by atoms with E-state index in [1.807, 2.05) is 25.1 Å². The highest BCUT2D eigenvalue weighted by Gasteiger charge is 2.34. The molecule has 0 unspecified atom stereocenters. The van der Waals surface area contributed by atoms with Crippen LogP contribution in [0.3, 0.4) is 0 Å². The van der Waals surface area contributed by atoms with Crippen molar-refractivity contribution in [3.63, 3.8) is 0 Å². The highest BCUT2D eigenvalue weighted by atomic mass is 35.7. The lowest BCUT2D eigenvalue weighted by molar-refractivity contribution is 0.464. The van der Waals surface area contributed by atoms with Gasteiger partial charge in [-0.3, -0.25) is 0 Å². The van der Waals surface area contributed by atoms with E-state index in [2.05, 4.69) is 13.8 Å². The van der Waals surface area contributed by atoms with Crippen molar-refractivity contribution in [1.82, 2.24) is 0 Å². The van der Waals surface area contributed by atoms with E-state index < -0.39 is 9.05 Å². The number of benzene rings is 1. The average molecular weight is 373 g/mol. The molecule has 0 aliphatic heterocycles. The van der Waals surface area contributed by atoms with Crippen LogP contribution in [-0.4, -0.2) is 13.5 Å². The van der Waals surface area contributed by atoms with Crippen molar-refractivity contribution in [1.29, 1.82) is 0 Å². The number of thiophene rings is 1. The molecule has 0 saturated carbocycles. The highest BCUT2D eigenvalue weighted by molar-refractivity contribution is 8.15. The van der Waals surface area contributed by atoms with Gasteiger partial charge in [-0.05, 0) is 55.5 Å². The predicted octanol–water partition coefficient (Wildman–Crippen LogP) is 5.10. The molecular weight excluding hydrogens is 352 g/mol. The first-order valence-electron chi connectivity index (χ1n) is 7.51. The van der Waals surface area contributed by atoms with Gasteiger partial charge in [-0.1, -0.05) is 26.0 Å². The third kappa shape index (κ3) is 3.28. The first-order chi connectivity index (χ1) is 10.7. The molecule has 0 saturated heterocycles. The molecule has 1 heterocycles. The number of halogens is 1. The Morgan fingerprint density at radius 1 is 1.13 bits per heavy atom. The van der Waals surface area contributed by atoms with Crippen LogP contribution in [0.4, 0.5) is 0 Å². The zero-order chi connectivity index (χ0) is 17.4. The number of phenols is 1. The van der Waals surface area contributed by atoms with Gasteiger partial charge in [0.05, 0.1) is 0 Å². The number of aromatic hydroxyl groups is 1. The maximum atomic E-state index is 11.7. The van der Waals surface area contributed by atoms with E-state index in [0.717, 1.165) is 28.8 Å². The maximum absolute atomic E-state index is 11.7. The fourth-order valence-electron chi connectivity index (χ4n) is 3.05. The van der Waals surface area contributed by atoms with Crippen molar-refractivity contribution >= 4 is 31.1 Å². The van der Waals surface area contributed by atoms with E-state index in [9.17, 15) is 13.5 Å². The molecule has 1 aromatic carbocycles. The Morgan fingerprint density at radius 3 is 2.17 bits per heavy atom. The molecule has 0 radical (unpaired) electrons. The van der Waals surface area contributed by atoms with E-state index in [0.29, 0.717) is 5.56 Å². The lowest BCUT2D eigenvalue weighted by atomic mass is 9.74. The van der Waals surface area contributed by atoms with Crippen molar-refractivity contribution in [2.45, 2.75) is 50.2 Å². The van der Waals surface area contributed by atoms with Gasteiger partial charge >= 0.3 is 0 Å². The molecule has 1 aromatic heterocycles. The molecule has 126 valence electrons. The maximum Gasteiger partial charge on any atom is 0.271 e. The molecule has 0 aliphatic rings.